The first-order chi connectivity index (χ1) is 7.81. The van der Waals surface area contributed by atoms with E-state index in [9.17, 15) is 0 Å². The molecule has 1 saturated heterocycles. The smallest absolute Gasteiger partial charge is 0.118 e. The highest BCUT2D eigenvalue weighted by molar-refractivity contribution is 5.85. The highest BCUT2D eigenvalue weighted by Gasteiger charge is 2.17. The maximum atomic E-state index is 5.17. The third kappa shape index (κ3) is 4.32. The molecular formula is C13H22Cl2N2O. The van der Waals surface area contributed by atoms with Crippen molar-refractivity contribution in [3.05, 3.63) is 29.8 Å². The van der Waals surface area contributed by atoms with Gasteiger partial charge in [-0.3, -0.25) is 4.90 Å². The number of benzene rings is 1. The van der Waals surface area contributed by atoms with Gasteiger partial charge in [-0.2, -0.15) is 0 Å². The van der Waals surface area contributed by atoms with Gasteiger partial charge in [0.2, 0.25) is 0 Å². The quantitative estimate of drug-likeness (QED) is 0.926. The monoisotopic (exact) mass is 292 g/mol. The maximum absolute atomic E-state index is 5.17. The summed E-state index contributed by atoms with van der Waals surface area (Å²) in [4.78, 5) is 2.51. The van der Waals surface area contributed by atoms with Crippen LogP contribution in [0.2, 0.25) is 0 Å². The molecule has 0 radical (unpaired) electrons. The van der Waals surface area contributed by atoms with Crippen LogP contribution in [0.5, 0.6) is 5.75 Å². The first-order valence-electron chi connectivity index (χ1n) is 5.90. The van der Waals surface area contributed by atoms with Crippen LogP contribution in [0.1, 0.15) is 18.5 Å². The second-order valence-corrected chi connectivity index (χ2v) is 4.24. The van der Waals surface area contributed by atoms with E-state index < -0.39 is 0 Å². The van der Waals surface area contributed by atoms with Crippen molar-refractivity contribution in [1.82, 2.24) is 10.2 Å². The highest BCUT2D eigenvalue weighted by atomic mass is 35.5. The van der Waals surface area contributed by atoms with Gasteiger partial charge in [-0.05, 0) is 24.6 Å². The van der Waals surface area contributed by atoms with Crippen molar-refractivity contribution in [3.63, 3.8) is 0 Å². The molecule has 5 heteroatoms. The molecule has 1 atom stereocenters. The SMILES string of the molecule is COc1ccc([C@H](C)N2CCNCC2)cc1.Cl.Cl. The molecule has 104 valence electrons. The number of nitrogens with zero attached hydrogens (tertiary/aromatic N) is 1. The fourth-order valence-corrected chi connectivity index (χ4v) is 2.16. The fraction of sp³-hybridized carbons (Fsp3) is 0.538. The highest BCUT2D eigenvalue weighted by Crippen LogP contribution is 2.22. The first kappa shape index (κ1) is 17.5. The van der Waals surface area contributed by atoms with E-state index in [2.05, 4.69) is 29.3 Å². The molecule has 0 bridgehead atoms. The van der Waals surface area contributed by atoms with Gasteiger partial charge in [0.25, 0.3) is 0 Å². The van der Waals surface area contributed by atoms with Gasteiger partial charge in [-0.1, -0.05) is 12.1 Å². The van der Waals surface area contributed by atoms with E-state index in [0.717, 1.165) is 31.9 Å². The van der Waals surface area contributed by atoms with Gasteiger partial charge in [0.15, 0.2) is 0 Å². The normalized spacial score (nSPS) is 17.2. The second-order valence-electron chi connectivity index (χ2n) is 4.24. The third-order valence-corrected chi connectivity index (χ3v) is 3.30. The van der Waals surface area contributed by atoms with Crippen molar-refractivity contribution in [2.75, 3.05) is 33.3 Å². The molecule has 1 aliphatic heterocycles. The van der Waals surface area contributed by atoms with Gasteiger partial charge in [-0.25, -0.2) is 0 Å². The minimum absolute atomic E-state index is 0. The van der Waals surface area contributed by atoms with Crippen molar-refractivity contribution >= 4 is 24.8 Å². The van der Waals surface area contributed by atoms with Gasteiger partial charge in [0.05, 0.1) is 7.11 Å². The lowest BCUT2D eigenvalue weighted by molar-refractivity contribution is 0.185. The molecule has 1 fully saturated rings. The van der Waals surface area contributed by atoms with E-state index in [1.54, 1.807) is 7.11 Å². The van der Waals surface area contributed by atoms with Crippen molar-refractivity contribution in [2.24, 2.45) is 0 Å². The Balaban J connectivity index is 0.00000144. The summed E-state index contributed by atoms with van der Waals surface area (Å²) < 4.78 is 5.17. The lowest BCUT2D eigenvalue weighted by atomic mass is 10.1. The summed E-state index contributed by atoms with van der Waals surface area (Å²) >= 11 is 0. The molecule has 0 aliphatic carbocycles. The number of hydrogen-bond acceptors (Lipinski definition) is 3. The molecule has 0 spiro atoms. The van der Waals surface area contributed by atoms with E-state index >= 15 is 0 Å². The van der Waals surface area contributed by atoms with E-state index in [4.69, 9.17) is 4.74 Å². The van der Waals surface area contributed by atoms with Crippen molar-refractivity contribution in [1.29, 1.82) is 0 Å². The average Bonchev–Trinajstić information content (AvgIpc) is 2.39. The van der Waals surface area contributed by atoms with Gasteiger partial charge < -0.3 is 10.1 Å². The zero-order valence-electron chi connectivity index (χ0n) is 10.9. The van der Waals surface area contributed by atoms with Gasteiger partial charge in [-0.15, -0.1) is 24.8 Å². The summed E-state index contributed by atoms with van der Waals surface area (Å²) in [6.45, 7) is 6.73. The molecule has 1 aromatic rings. The number of rotatable bonds is 3. The lowest BCUT2D eigenvalue weighted by Crippen LogP contribution is -2.44. The van der Waals surface area contributed by atoms with Crippen molar-refractivity contribution in [2.45, 2.75) is 13.0 Å². The summed E-state index contributed by atoms with van der Waals surface area (Å²) in [7, 11) is 1.70. The molecule has 1 N–H and O–H groups in total. The zero-order chi connectivity index (χ0) is 11.4. The van der Waals surface area contributed by atoms with Crippen molar-refractivity contribution in [3.8, 4) is 5.75 Å². The molecule has 0 saturated carbocycles. The summed E-state index contributed by atoms with van der Waals surface area (Å²) in [5.41, 5.74) is 1.36. The minimum atomic E-state index is 0. The number of hydrogen-bond donors (Lipinski definition) is 1. The molecule has 1 aromatic carbocycles. The maximum Gasteiger partial charge on any atom is 0.118 e. The number of nitrogens with one attached hydrogen (secondary N) is 1. The fourth-order valence-electron chi connectivity index (χ4n) is 2.16. The van der Waals surface area contributed by atoms with E-state index in [-0.39, 0.29) is 24.8 Å². The van der Waals surface area contributed by atoms with Gasteiger partial charge in [0.1, 0.15) is 5.75 Å². The van der Waals surface area contributed by atoms with Crippen LogP contribution in [0.3, 0.4) is 0 Å². The standard InChI is InChI=1S/C13H20N2O.2ClH/c1-11(15-9-7-14-8-10-15)12-3-5-13(16-2)6-4-12;;/h3-6,11,14H,7-10H2,1-2H3;2*1H/t11-;;/m0../s1. The lowest BCUT2D eigenvalue weighted by Gasteiger charge is -2.33. The molecule has 2 rings (SSSR count). The third-order valence-electron chi connectivity index (χ3n) is 3.30. The average molecular weight is 293 g/mol. The van der Waals surface area contributed by atoms with Crippen molar-refractivity contribution < 1.29 is 4.74 Å². The molecule has 1 aliphatic rings. The zero-order valence-corrected chi connectivity index (χ0v) is 12.5. The number of piperazine rings is 1. The molecule has 0 unspecified atom stereocenters. The van der Waals surface area contributed by atoms with Crippen LogP contribution in [0.25, 0.3) is 0 Å². The Labute approximate surface area is 122 Å². The molecule has 0 aromatic heterocycles. The van der Waals surface area contributed by atoms with E-state index in [0.29, 0.717) is 6.04 Å². The Morgan fingerprint density at radius 2 is 1.67 bits per heavy atom. The van der Waals surface area contributed by atoms with Crippen LogP contribution >= 0.6 is 24.8 Å². The minimum Gasteiger partial charge on any atom is -0.497 e. The Morgan fingerprint density at radius 1 is 1.11 bits per heavy atom. The Kier molecular flexibility index (Phi) is 8.36. The number of methoxy groups -OCH3 is 1. The van der Waals surface area contributed by atoms with E-state index in [1.807, 2.05) is 12.1 Å². The van der Waals surface area contributed by atoms with Crippen LogP contribution in [0.4, 0.5) is 0 Å². The largest absolute Gasteiger partial charge is 0.497 e. The molecular weight excluding hydrogens is 271 g/mol. The summed E-state index contributed by atoms with van der Waals surface area (Å²) in [6.07, 6.45) is 0. The van der Waals surface area contributed by atoms with Gasteiger partial charge in [0, 0.05) is 32.2 Å². The number of halogens is 2. The second kappa shape index (κ2) is 8.59. The predicted octanol–water partition coefficient (Wildman–Crippen LogP) is 2.51. The van der Waals surface area contributed by atoms with Crippen LogP contribution in [-0.4, -0.2) is 38.2 Å². The molecule has 18 heavy (non-hydrogen) atoms. The number of ether oxygens (including phenoxy) is 1. The topological polar surface area (TPSA) is 24.5 Å². The summed E-state index contributed by atoms with van der Waals surface area (Å²) in [5, 5.41) is 3.38. The molecule has 1 heterocycles. The summed E-state index contributed by atoms with van der Waals surface area (Å²) in [6, 6.07) is 8.88. The molecule has 3 nitrogen and oxygen atoms in total. The summed E-state index contributed by atoms with van der Waals surface area (Å²) in [5.74, 6) is 0.927. The Bertz CT molecular complexity index is 326. The molecule has 0 amide bonds. The van der Waals surface area contributed by atoms with Crippen LogP contribution < -0.4 is 10.1 Å². The Morgan fingerprint density at radius 3 is 2.17 bits per heavy atom. The van der Waals surface area contributed by atoms with Gasteiger partial charge >= 0.3 is 0 Å². The van der Waals surface area contributed by atoms with E-state index in [1.165, 1.54) is 5.56 Å². The first-order valence-corrected chi connectivity index (χ1v) is 5.90. The predicted molar refractivity (Wildman–Crippen MR) is 80.3 cm³/mol. The van der Waals surface area contributed by atoms with Crippen LogP contribution in [-0.2, 0) is 0 Å². The van der Waals surface area contributed by atoms with Crippen LogP contribution in [0.15, 0.2) is 24.3 Å². The van der Waals surface area contributed by atoms with Crippen LogP contribution in [0, 0.1) is 0 Å². The Hall–Kier alpha value is -0.480.